The van der Waals surface area contributed by atoms with Crippen LogP contribution in [0.3, 0.4) is 0 Å². The SMILES string of the molecule is CC(C)(C)C1CCC2(CC1)NC(=O)N(CC(=O)NC13CC4CC(CC(C4)C1)C3)C2=O. The van der Waals surface area contributed by atoms with Gasteiger partial charge in [0.05, 0.1) is 0 Å². The number of carbonyl (C=O) groups is 3. The third-order valence-electron chi connectivity index (χ3n) is 9.05. The van der Waals surface area contributed by atoms with Crippen LogP contribution in [0.15, 0.2) is 0 Å². The Morgan fingerprint density at radius 3 is 2.07 bits per heavy atom. The average Bonchev–Trinajstić information content (AvgIpc) is 2.84. The molecule has 6 fully saturated rings. The zero-order chi connectivity index (χ0) is 21.3. The van der Waals surface area contributed by atoms with Crippen LogP contribution in [0.25, 0.3) is 0 Å². The molecule has 0 atom stereocenters. The van der Waals surface area contributed by atoms with Crippen LogP contribution in [-0.2, 0) is 9.59 Å². The fourth-order valence-corrected chi connectivity index (χ4v) is 7.88. The van der Waals surface area contributed by atoms with Crippen molar-refractivity contribution < 1.29 is 14.4 Å². The van der Waals surface area contributed by atoms with Gasteiger partial charge in [-0.15, -0.1) is 0 Å². The maximum Gasteiger partial charge on any atom is 0.325 e. The highest BCUT2D eigenvalue weighted by atomic mass is 16.2. The molecule has 0 aromatic rings. The Morgan fingerprint density at radius 2 is 1.57 bits per heavy atom. The molecule has 5 saturated carbocycles. The summed E-state index contributed by atoms with van der Waals surface area (Å²) in [6.45, 7) is 6.58. The molecule has 6 nitrogen and oxygen atoms in total. The van der Waals surface area contributed by atoms with Gasteiger partial charge in [0, 0.05) is 5.54 Å². The Bertz CT molecular complexity index is 725. The quantitative estimate of drug-likeness (QED) is 0.692. The van der Waals surface area contributed by atoms with Crippen molar-refractivity contribution in [2.75, 3.05) is 6.54 Å². The zero-order valence-corrected chi connectivity index (χ0v) is 18.8. The van der Waals surface area contributed by atoms with Crippen molar-refractivity contribution in [2.45, 2.75) is 96.1 Å². The van der Waals surface area contributed by atoms with Gasteiger partial charge >= 0.3 is 6.03 Å². The summed E-state index contributed by atoms with van der Waals surface area (Å²) in [4.78, 5) is 40.0. The second-order valence-electron chi connectivity index (χ2n) is 12.3. The fourth-order valence-electron chi connectivity index (χ4n) is 7.88. The summed E-state index contributed by atoms with van der Waals surface area (Å²) in [6.07, 6.45) is 10.4. The first-order chi connectivity index (χ1) is 14.1. The summed E-state index contributed by atoms with van der Waals surface area (Å²) in [5.41, 5.74) is -0.669. The molecule has 4 amide bonds. The van der Waals surface area contributed by atoms with E-state index in [0.717, 1.165) is 49.9 Å². The summed E-state index contributed by atoms with van der Waals surface area (Å²) in [5, 5.41) is 6.26. The van der Waals surface area contributed by atoms with Gasteiger partial charge in [0.15, 0.2) is 0 Å². The van der Waals surface area contributed by atoms with Crippen LogP contribution in [0.1, 0.15) is 85.0 Å². The van der Waals surface area contributed by atoms with Crippen LogP contribution in [0.2, 0.25) is 0 Å². The van der Waals surface area contributed by atoms with Gasteiger partial charge in [0.25, 0.3) is 5.91 Å². The lowest BCUT2D eigenvalue weighted by Gasteiger charge is -2.56. The maximum atomic E-state index is 13.2. The number of hydrogen-bond acceptors (Lipinski definition) is 3. The lowest BCUT2D eigenvalue weighted by Crippen LogP contribution is -2.61. The monoisotopic (exact) mass is 415 g/mol. The molecule has 1 saturated heterocycles. The molecule has 0 unspecified atom stereocenters. The zero-order valence-electron chi connectivity index (χ0n) is 18.8. The van der Waals surface area contributed by atoms with E-state index < -0.39 is 11.6 Å². The van der Waals surface area contributed by atoms with Crippen LogP contribution in [0.4, 0.5) is 4.79 Å². The molecule has 1 spiro atoms. The molecule has 30 heavy (non-hydrogen) atoms. The minimum atomic E-state index is -0.792. The van der Waals surface area contributed by atoms with E-state index in [1.165, 1.54) is 24.2 Å². The molecular weight excluding hydrogens is 378 g/mol. The number of nitrogens with one attached hydrogen (secondary N) is 2. The molecule has 1 aliphatic heterocycles. The summed E-state index contributed by atoms with van der Waals surface area (Å²) in [7, 11) is 0. The number of nitrogens with zero attached hydrogens (tertiary/aromatic N) is 1. The lowest BCUT2D eigenvalue weighted by molar-refractivity contribution is -0.138. The van der Waals surface area contributed by atoms with Gasteiger partial charge < -0.3 is 10.6 Å². The number of urea groups is 1. The van der Waals surface area contributed by atoms with Crippen LogP contribution < -0.4 is 10.6 Å². The van der Waals surface area contributed by atoms with Crippen LogP contribution >= 0.6 is 0 Å². The van der Waals surface area contributed by atoms with Crippen molar-refractivity contribution in [2.24, 2.45) is 29.1 Å². The van der Waals surface area contributed by atoms with E-state index in [4.69, 9.17) is 0 Å². The summed E-state index contributed by atoms with van der Waals surface area (Å²) in [6, 6.07) is -0.394. The summed E-state index contributed by atoms with van der Waals surface area (Å²) < 4.78 is 0. The third-order valence-corrected chi connectivity index (χ3v) is 9.05. The highest BCUT2D eigenvalue weighted by Crippen LogP contribution is 2.55. The van der Waals surface area contributed by atoms with Crippen LogP contribution in [0.5, 0.6) is 0 Å². The van der Waals surface area contributed by atoms with Crippen molar-refractivity contribution >= 4 is 17.8 Å². The molecule has 6 heteroatoms. The van der Waals surface area contributed by atoms with Gasteiger partial charge in [0.2, 0.25) is 5.91 Å². The van der Waals surface area contributed by atoms with Crippen molar-refractivity contribution in [3.05, 3.63) is 0 Å². The van der Waals surface area contributed by atoms with Gasteiger partial charge in [-0.25, -0.2) is 4.79 Å². The number of carbonyl (C=O) groups excluding carboxylic acids is 3. The maximum absolute atomic E-state index is 13.2. The van der Waals surface area contributed by atoms with E-state index in [1.807, 2.05) is 0 Å². The summed E-state index contributed by atoms with van der Waals surface area (Å²) >= 11 is 0. The molecule has 2 N–H and O–H groups in total. The molecule has 5 aliphatic carbocycles. The molecule has 0 radical (unpaired) electrons. The first-order valence-electron chi connectivity index (χ1n) is 12.0. The van der Waals surface area contributed by atoms with Gasteiger partial charge in [-0.05, 0) is 93.3 Å². The van der Waals surface area contributed by atoms with E-state index in [2.05, 4.69) is 31.4 Å². The second-order valence-corrected chi connectivity index (χ2v) is 12.3. The Balaban J connectivity index is 1.22. The van der Waals surface area contributed by atoms with Crippen molar-refractivity contribution in [1.29, 1.82) is 0 Å². The standard InChI is InChI=1S/C24H37N3O3/c1-22(2,3)18-4-6-24(7-5-18)20(29)27(21(30)26-24)14-19(28)25-23-11-15-8-16(12-23)10-17(9-15)13-23/h15-18H,4-14H2,1-3H3,(H,25,28)(H,26,30). The minimum Gasteiger partial charge on any atom is -0.349 e. The Labute approximate surface area is 179 Å². The molecule has 4 bridgehead atoms. The molecule has 6 rings (SSSR count). The Hall–Kier alpha value is -1.59. The highest BCUT2D eigenvalue weighted by molar-refractivity contribution is 6.09. The van der Waals surface area contributed by atoms with Gasteiger partial charge in [-0.3, -0.25) is 14.5 Å². The Kier molecular flexibility index (Phi) is 4.54. The van der Waals surface area contributed by atoms with E-state index in [-0.39, 0.29) is 29.3 Å². The highest BCUT2D eigenvalue weighted by Gasteiger charge is 2.55. The minimum absolute atomic E-state index is 0.0897. The van der Waals surface area contributed by atoms with Gasteiger partial charge in [-0.1, -0.05) is 20.8 Å². The van der Waals surface area contributed by atoms with Crippen molar-refractivity contribution in [3.63, 3.8) is 0 Å². The van der Waals surface area contributed by atoms with Crippen LogP contribution in [0, 0.1) is 29.1 Å². The number of amides is 4. The molecule has 6 aliphatic rings. The molecular formula is C24H37N3O3. The molecule has 0 aromatic carbocycles. The van der Waals surface area contributed by atoms with Crippen molar-refractivity contribution in [1.82, 2.24) is 15.5 Å². The predicted octanol–water partition coefficient (Wildman–Crippen LogP) is 3.60. The van der Waals surface area contributed by atoms with E-state index >= 15 is 0 Å². The fraction of sp³-hybridized carbons (Fsp3) is 0.875. The number of rotatable bonds is 3. The second kappa shape index (κ2) is 6.70. The predicted molar refractivity (Wildman–Crippen MR) is 113 cm³/mol. The average molecular weight is 416 g/mol. The Morgan fingerprint density at radius 1 is 1.03 bits per heavy atom. The first-order valence-corrected chi connectivity index (χ1v) is 12.0. The van der Waals surface area contributed by atoms with Crippen LogP contribution in [-0.4, -0.2) is 40.4 Å². The van der Waals surface area contributed by atoms with E-state index in [9.17, 15) is 14.4 Å². The van der Waals surface area contributed by atoms with E-state index in [1.54, 1.807) is 0 Å². The smallest absolute Gasteiger partial charge is 0.325 e. The van der Waals surface area contributed by atoms with Gasteiger partial charge in [0.1, 0.15) is 12.1 Å². The van der Waals surface area contributed by atoms with E-state index in [0.29, 0.717) is 18.8 Å². The molecule has 1 heterocycles. The van der Waals surface area contributed by atoms with Crippen molar-refractivity contribution in [3.8, 4) is 0 Å². The number of imide groups is 1. The summed E-state index contributed by atoms with van der Waals surface area (Å²) in [5.74, 6) is 2.43. The normalized spacial score (nSPS) is 42.7. The van der Waals surface area contributed by atoms with Gasteiger partial charge in [-0.2, -0.15) is 0 Å². The number of hydrogen-bond donors (Lipinski definition) is 2. The molecule has 0 aromatic heterocycles. The topological polar surface area (TPSA) is 78.5 Å². The first kappa shape index (κ1) is 20.3. The largest absolute Gasteiger partial charge is 0.349 e. The lowest BCUT2D eigenvalue weighted by atomic mass is 9.53. The third kappa shape index (κ3) is 3.34. The molecule has 166 valence electrons.